The topological polar surface area (TPSA) is 78.6 Å². The van der Waals surface area contributed by atoms with E-state index in [4.69, 9.17) is 10.8 Å². The summed E-state index contributed by atoms with van der Waals surface area (Å²) in [4.78, 5) is 13.7. The quantitative estimate of drug-likeness (QED) is 0.582. The molecule has 0 bridgehead atoms. The number of rotatable bonds is 5. The molecule has 5 heteroatoms. The predicted molar refractivity (Wildman–Crippen MR) is 63.0 cm³/mol. The van der Waals surface area contributed by atoms with Gasteiger partial charge >= 0.3 is 0 Å². The molecule has 0 aromatic heterocycles. The SMILES string of the molecule is CC[C@H](CO)NC(=O)CN1CCC(N)CC1. The predicted octanol–water partition coefficient (Wildman–Crippen LogP) is -0.703. The van der Waals surface area contributed by atoms with Crippen LogP contribution < -0.4 is 11.1 Å². The zero-order valence-corrected chi connectivity index (χ0v) is 9.98. The molecule has 0 spiro atoms. The summed E-state index contributed by atoms with van der Waals surface area (Å²) in [5.41, 5.74) is 5.79. The zero-order chi connectivity index (χ0) is 12.0. The Morgan fingerprint density at radius 2 is 2.19 bits per heavy atom. The van der Waals surface area contributed by atoms with Gasteiger partial charge in [-0.25, -0.2) is 0 Å². The highest BCUT2D eigenvalue weighted by Crippen LogP contribution is 2.07. The van der Waals surface area contributed by atoms with Gasteiger partial charge in [-0.3, -0.25) is 9.69 Å². The summed E-state index contributed by atoms with van der Waals surface area (Å²) in [5.74, 6) is -0.00336. The second-order valence-electron chi connectivity index (χ2n) is 4.47. The van der Waals surface area contributed by atoms with Crippen LogP contribution in [0.1, 0.15) is 26.2 Å². The molecule has 1 atom stereocenters. The second-order valence-corrected chi connectivity index (χ2v) is 4.47. The number of nitrogens with one attached hydrogen (secondary N) is 1. The van der Waals surface area contributed by atoms with E-state index in [2.05, 4.69) is 10.2 Å². The Balaban J connectivity index is 2.23. The van der Waals surface area contributed by atoms with Crippen molar-refractivity contribution in [2.24, 2.45) is 5.73 Å². The van der Waals surface area contributed by atoms with Gasteiger partial charge in [0.1, 0.15) is 0 Å². The second kappa shape index (κ2) is 6.83. The van der Waals surface area contributed by atoms with E-state index in [1.165, 1.54) is 0 Å². The van der Waals surface area contributed by atoms with E-state index in [0.717, 1.165) is 32.4 Å². The normalized spacial score (nSPS) is 20.7. The first-order chi connectivity index (χ1) is 7.65. The number of aliphatic hydroxyl groups excluding tert-OH is 1. The number of amides is 1. The zero-order valence-electron chi connectivity index (χ0n) is 9.98. The largest absolute Gasteiger partial charge is 0.394 e. The van der Waals surface area contributed by atoms with Crippen molar-refractivity contribution in [3.05, 3.63) is 0 Å². The van der Waals surface area contributed by atoms with Crippen molar-refractivity contribution in [3.63, 3.8) is 0 Å². The summed E-state index contributed by atoms with van der Waals surface area (Å²) in [5, 5.41) is 11.8. The van der Waals surface area contributed by atoms with Crippen molar-refractivity contribution in [2.75, 3.05) is 26.2 Å². The first-order valence-electron chi connectivity index (χ1n) is 6.03. The summed E-state index contributed by atoms with van der Waals surface area (Å²) in [7, 11) is 0. The lowest BCUT2D eigenvalue weighted by Gasteiger charge is -2.29. The van der Waals surface area contributed by atoms with Crippen LogP contribution in [0.25, 0.3) is 0 Å². The molecule has 0 aromatic carbocycles. The third-order valence-electron chi connectivity index (χ3n) is 3.08. The van der Waals surface area contributed by atoms with Crippen molar-refractivity contribution >= 4 is 5.91 Å². The van der Waals surface area contributed by atoms with Gasteiger partial charge in [0.2, 0.25) is 5.91 Å². The number of nitrogens with zero attached hydrogens (tertiary/aromatic N) is 1. The number of hydrogen-bond donors (Lipinski definition) is 3. The summed E-state index contributed by atoms with van der Waals surface area (Å²) >= 11 is 0. The first kappa shape index (κ1) is 13.4. The number of hydrogen-bond acceptors (Lipinski definition) is 4. The monoisotopic (exact) mass is 229 g/mol. The van der Waals surface area contributed by atoms with Crippen molar-refractivity contribution < 1.29 is 9.90 Å². The van der Waals surface area contributed by atoms with Gasteiger partial charge in [0.05, 0.1) is 19.2 Å². The average molecular weight is 229 g/mol. The summed E-state index contributed by atoms with van der Waals surface area (Å²) in [6, 6.07) is 0.180. The van der Waals surface area contributed by atoms with Gasteiger partial charge in [-0.05, 0) is 19.3 Å². The number of carbonyl (C=O) groups excluding carboxylic acids is 1. The third kappa shape index (κ3) is 4.47. The van der Waals surface area contributed by atoms with Crippen LogP contribution in [0.4, 0.5) is 0 Å². The van der Waals surface area contributed by atoms with Crippen LogP contribution in [0.3, 0.4) is 0 Å². The molecule has 1 amide bonds. The molecule has 0 aromatic rings. The molecule has 94 valence electrons. The van der Waals surface area contributed by atoms with E-state index in [1.54, 1.807) is 0 Å². The van der Waals surface area contributed by atoms with Gasteiger partial charge in [0.15, 0.2) is 0 Å². The molecule has 1 aliphatic heterocycles. The Kier molecular flexibility index (Phi) is 5.73. The fourth-order valence-electron chi connectivity index (χ4n) is 1.86. The molecule has 0 unspecified atom stereocenters. The molecule has 0 saturated carbocycles. The number of carbonyl (C=O) groups is 1. The molecule has 1 heterocycles. The number of likely N-dealkylation sites (tertiary alicyclic amines) is 1. The van der Waals surface area contributed by atoms with Crippen molar-refractivity contribution in [2.45, 2.75) is 38.3 Å². The Morgan fingerprint density at radius 3 is 2.69 bits per heavy atom. The molecule has 4 N–H and O–H groups in total. The van der Waals surface area contributed by atoms with Crippen molar-refractivity contribution in [3.8, 4) is 0 Å². The van der Waals surface area contributed by atoms with Crippen LogP contribution in [0, 0.1) is 0 Å². The van der Waals surface area contributed by atoms with Crippen molar-refractivity contribution in [1.29, 1.82) is 0 Å². The third-order valence-corrected chi connectivity index (χ3v) is 3.08. The molecule has 1 rings (SSSR count). The molecular formula is C11H23N3O2. The lowest BCUT2D eigenvalue weighted by molar-refractivity contribution is -0.123. The van der Waals surface area contributed by atoms with Gasteiger partial charge in [0.25, 0.3) is 0 Å². The number of piperidine rings is 1. The van der Waals surface area contributed by atoms with E-state index in [-0.39, 0.29) is 18.6 Å². The molecule has 0 aliphatic carbocycles. The van der Waals surface area contributed by atoms with Crippen LogP contribution >= 0.6 is 0 Å². The highest BCUT2D eigenvalue weighted by Gasteiger charge is 2.19. The van der Waals surface area contributed by atoms with Gasteiger partial charge in [-0.2, -0.15) is 0 Å². The standard InChI is InChI=1S/C11H23N3O2/c1-2-10(8-15)13-11(16)7-14-5-3-9(12)4-6-14/h9-10,15H,2-8,12H2,1H3,(H,13,16)/t10-/m1/s1. The van der Waals surface area contributed by atoms with Gasteiger partial charge in [-0.1, -0.05) is 6.92 Å². The van der Waals surface area contributed by atoms with E-state index >= 15 is 0 Å². The Labute approximate surface area is 97.0 Å². The minimum atomic E-state index is -0.112. The van der Waals surface area contributed by atoms with E-state index in [9.17, 15) is 4.79 Å². The highest BCUT2D eigenvalue weighted by atomic mass is 16.3. The Morgan fingerprint density at radius 1 is 1.56 bits per heavy atom. The van der Waals surface area contributed by atoms with Crippen LogP contribution in [0.15, 0.2) is 0 Å². The van der Waals surface area contributed by atoms with Crippen LogP contribution in [0.2, 0.25) is 0 Å². The van der Waals surface area contributed by atoms with Crippen molar-refractivity contribution in [1.82, 2.24) is 10.2 Å². The molecular weight excluding hydrogens is 206 g/mol. The van der Waals surface area contributed by atoms with Gasteiger partial charge in [-0.15, -0.1) is 0 Å². The molecule has 1 fully saturated rings. The molecule has 1 saturated heterocycles. The van der Waals surface area contributed by atoms with Crippen LogP contribution in [0.5, 0.6) is 0 Å². The average Bonchev–Trinajstić information content (AvgIpc) is 2.29. The molecule has 16 heavy (non-hydrogen) atoms. The maximum Gasteiger partial charge on any atom is 0.234 e. The van der Waals surface area contributed by atoms with Gasteiger partial charge in [0, 0.05) is 19.1 Å². The number of nitrogens with two attached hydrogens (primary N) is 1. The molecule has 5 nitrogen and oxygen atoms in total. The maximum absolute atomic E-state index is 11.6. The molecule has 1 aliphatic rings. The highest BCUT2D eigenvalue weighted by molar-refractivity contribution is 5.78. The first-order valence-corrected chi connectivity index (χ1v) is 6.03. The van der Waals surface area contributed by atoms with E-state index in [0.29, 0.717) is 12.6 Å². The minimum absolute atomic E-state index is 0.00336. The Bertz CT molecular complexity index is 211. The van der Waals surface area contributed by atoms with E-state index in [1.807, 2.05) is 6.92 Å². The Hall–Kier alpha value is -0.650. The minimum Gasteiger partial charge on any atom is -0.394 e. The summed E-state index contributed by atoms with van der Waals surface area (Å²) in [6.07, 6.45) is 2.68. The smallest absolute Gasteiger partial charge is 0.234 e. The van der Waals surface area contributed by atoms with Crippen LogP contribution in [-0.2, 0) is 4.79 Å². The maximum atomic E-state index is 11.6. The van der Waals surface area contributed by atoms with Crippen LogP contribution in [-0.4, -0.2) is 54.2 Å². The lowest BCUT2D eigenvalue weighted by Crippen LogP contribution is -2.47. The fourth-order valence-corrected chi connectivity index (χ4v) is 1.86. The fraction of sp³-hybridized carbons (Fsp3) is 0.909. The molecule has 0 radical (unpaired) electrons. The number of aliphatic hydroxyl groups is 1. The lowest BCUT2D eigenvalue weighted by atomic mass is 10.1. The summed E-state index contributed by atoms with van der Waals surface area (Å²) in [6.45, 7) is 4.16. The summed E-state index contributed by atoms with van der Waals surface area (Å²) < 4.78 is 0. The van der Waals surface area contributed by atoms with Gasteiger partial charge < -0.3 is 16.2 Å². The van der Waals surface area contributed by atoms with E-state index < -0.39 is 0 Å².